The van der Waals surface area contributed by atoms with E-state index >= 15 is 0 Å². The standard InChI is InChI=1S/C17H18O5/c1-21-12-6-3-11(4-7-12)5-8-14(18)17-15(19)9-13(22-2)10-16(17)20/h3-9,15,17,19H,10H2,1-2H3. The number of ketones is 2. The highest BCUT2D eigenvalue weighted by atomic mass is 16.5. The summed E-state index contributed by atoms with van der Waals surface area (Å²) in [6, 6.07) is 7.14. The predicted molar refractivity (Wildman–Crippen MR) is 81.2 cm³/mol. The van der Waals surface area contributed by atoms with Gasteiger partial charge in [-0.3, -0.25) is 9.59 Å². The normalized spacial score (nSPS) is 21.6. The highest BCUT2D eigenvalue weighted by Gasteiger charge is 2.35. The van der Waals surface area contributed by atoms with Crippen LogP contribution in [0.15, 0.2) is 42.2 Å². The Morgan fingerprint density at radius 1 is 1.23 bits per heavy atom. The van der Waals surface area contributed by atoms with Crippen LogP contribution in [-0.4, -0.2) is 37.0 Å². The minimum atomic E-state index is -1.15. The number of benzene rings is 1. The van der Waals surface area contributed by atoms with Crippen LogP contribution in [0.4, 0.5) is 0 Å². The summed E-state index contributed by atoms with van der Waals surface area (Å²) in [7, 11) is 3.00. The number of hydrogen-bond donors (Lipinski definition) is 1. The van der Waals surface area contributed by atoms with Crippen LogP contribution >= 0.6 is 0 Å². The number of aliphatic hydroxyl groups is 1. The lowest BCUT2D eigenvalue weighted by Crippen LogP contribution is -2.36. The number of Topliss-reactive ketones (excluding diaryl/α,β-unsaturated/α-hetero) is 1. The molecule has 116 valence electrons. The molecule has 0 amide bonds. The van der Waals surface area contributed by atoms with E-state index < -0.39 is 17.8 Å². The summed E-state index contributed by atoms with van der Waals surface area (Å²) >= 11 is 0. The Morgan fingerprint density at radius 2 is 1.91 bits per heavy atom. The van der Waals surface area contributed by atoms with E-state index in [9.17, 15) is 14.7 Å². The van der Waals surface area contributed by atoms with Crippen LogP contribution in [0.1, 0.15) is 12.0 Å². The molecule has 0 heterocycles. The molecule has 0 spiro atoms. The van der Waals surface area contributed by atoms with Crippen molar-refractivity contribution >= 4 is 17.6 Å². The fraction of sp³-hybridized carbons (Fsp3) is 0.294. The maximum Gasteiger partial charge on any atom is 0.169 e. The number of methoxy groups -OCH3 is 2. The lowest BCUT2D eigenvalue weighted by molar-refractivity contribution is -0.134. The van der Waals surface area contributed by atoms with Gasteiger partial charge in [-0.2, -0.15) is 0 Å². The summed E-state index contributed by atoms with van der Waals surface area (Å²) in [6.45, 7) is 0. The highest BCUT2D eigenvalue weighted by molar-refractivity contribution is 6.10. The molecule has 2 unspecified atom stereocenters. The monoisotopic (exact) mass is 302 g/mol. The second-order valence-corrected chi connectivity index (χ2v) is 4.96. The number of carbonyl (C=O) groups excluding carboxylic acids is 2. The average molecular weight is 302 g/mol. The molecule has 1 aromatic rings. The summed E-state index contributed by atoms with van der Waals surface area (Å²) in [6.07, 6.45) is 3.21. The average Bonchev–Trinajstić information content (AvgIpc) is 2.52. The molecule has 0 bridgehead atoms. The fourth-order valence-corrected chi connectivity index (χ4v) is 2.28. The molecule has 1 aliphatic rings. The Bertz CT molecular complexity index is 612. The Hall–Kier alpha value is -2.40. The van der Waals surface area contributed by atoms with Crippen LogP contribution in [0, 0.1) is 5.92 Å². The lowest BCUT2D eigenvalue weighted by atomic mass is 9.85. The van der Waals surface area contributed by atoms with Gasteiger partial charge in [-0.15, -0.1) is 0 Å². The van der Waals surface area contributed by atoms with E-state index in [4.69, 9.17) is 9.47 Å². The summed E-state index contributed by atoms with van der Waals surface area (Å²) < 4.78 is 10.0. The molecule has 0 aromatic heterocycles. The molecule has 1 aliphatic carbocycles. The number of rotatable bonds is 5. The van der Waals surface area contributed by atoms with Gasteiger partial charge in [-0.25, -0.2) is 0 Å². The van der Waals surface area contributed by atoms with Gasteiger partial charge in [-0.05, 0) is 29.8 Å². The quantitative estimate of drug-likeness (QED) is 0.663. The smallest absolute Gasteiger partial charge is 0.169 e. The molecule has 0 radical (unpaired) electrons. The summed E-state index contributed by atoms with van der Waals surface area (Å²) in [5, 5.41) is 9.93. The second-order valence-electron chi connectivity index (χ2n) is 4.96. The highest BCUT2D eigenvalue weighted by Crippen LogP contribution is 2.23. The van der Waals surface area contributed by atoms with Gasteiger partial charge in [0.1, 0.15) is 17.4 Å². The van der Waals surface area contributed by atoms with Crippen LogP contribution < -0.4 is 4.74 Å². The van der Waals surface area contributed by atoms with Crippen molar-refractivity contribution < 1.29 is 24.2 Å². The van der Waals surface area contributed by atoms with E-state index in [-0.39, 0.29) is 12.2 Å². The Labute approximate surface area is 128 Å². The third-order valence-corrected chi connectivity index (χ3v) is 3.52. The predicted octanol–water partition coefficient (Wildman–Crippen LogP) is 1.76. The number of aliphatic hydroxyl groups excluding tert-OH is 1. The topological polar surface area (TPSA) is 72.8 Å². The maximum atomic E-state index is 12.1. The molecular formula is C17H18O5. The number of allylic oxidation sites excluding steroid dienone is 2. The third-order valence-electron chi connectivity index (χ3n) is 3.52. The van der Waals surface area contributed by atoms with Crippen LogP contribution in [0.5, 0.6) is 5.75 Å². The summed E-state index contributed by atoms with van der Waals surface area (Å²) in [4.78, 5) is 24.1. The second kappa shape index (κ2) is 7.04. The summed E-state index contributed by atoms with van der Waals surface area (Å²) in [5.74, 6) is -0.705. The Balaban J connectivity index is 2.09. The van der Waals surface area contributed by atoms with Crippen molar-refractivity contribution in [2.75, 3.05) is 14.2 Å². The van der Waals surface area contributed by atoms with E-state index in [2.05, 4.69) is 0 Å². The fourth-order valence-electron chi connectivity index (χ4n) is 2.28. The van der Waals surface area contributed by atoms with Crippen molar-refractivity contribution in [1.82, 2.24) is 0 Å². The minimum Gasteiger partial charge on any atom is -0.501 e. The molecule has 0 aliphatic heterocycles. The first-order chi connectivity index (χ1) is 10.5. The maximum absolute atomic E-state index is 12.1. The first-order valence-electron chi connectivity index (χ1n) is 6.86. The summed E-state index contributed by atoms with van der Waals surface area (Å²) in [5.41, 5.74) is 0.806. The molecule has 2 atom stereocenters. The number of hydrogen-bond acceptors (Lipinski definition) is 5. The van der Waals surface area contributed by atoms with Crippen molar-refractivity contribution in [3.05, 3.63) is 47.7 Å². The van der Waals surface area contributed by atoms with E-state index in [0.29, 0.717) is 5.76 Å². The van der Waals surface area contributed by atoms with Crippen molar-refractivity contribution in [3.63, 3.8) is 0 Å². The van der Waals surface area contributed by atoms with Gasteiger partial charge in [0.15, 0.2) is 11.6 Å². The lowest BCUT2D eigenvalue weighted by Gasteiger charge is -2.22. The number of ether oxygens (including phenoxy) is 2. The van der Waals surface area contributed by atoms with Gasteiger partial charge in [0, 0.05) is 0 Å². The van der Waals surface area contributed by atoms with Crippen LogP contribution in [-0.2, 0) is 14.3 Å². The molecule has 5 heteroatoms. The molecule has 1 N–H and O–H groups in total. The van der Waals surface area contributed by atoms with Gasteiger partial charge in [0.25, 0.3) is 0 Å². The molecule has 0 fully saturated rings. The zero-order chi connectivity index (χ0) is 16.1. The van der Waals surface area contributed by atoms with Gasteiger partial charge in [-0.1, -0.05) is 18.2 Å². The molecule has 0 saturated heterocycles. The zero-order valence-corrected chi connectivity index (χ0v) is 12.5. The van der Waals surface area contributed by atoms with Crippen molar-refractivity contribution in [1.29, 1.82) is 0 Å². The molecule has 2 rings (SSSR count). The van der Waals surface area contributed by atoms with E-state index in [0.717, 1.165) is 11.3 Å². The van der Waals surface area contributed by atoms with E-state index in [1.807, 2.05) is 0 Å². The van der Waals surface area contributed by atoms with Crippen LogP contribution in [0.25, 0.3) is 6.08 Å². The Morgan fingerprint density at radius 3 is 2.45 bits per heavy atom. The number of carbonyl (C=O) groups is 2. The first-order valence-corrected chi connectivity index (χ1v) is 6.86. The first kappa shape index (κ1) is 16.0. The molecule has 0 saturated carbocycles. The van der Waals surface area contributed by atoms with Crippen LogP contribution in [0.2, 0.25) is 0 Å². The molecule has 22 heavy (non-hydrogen) atoms. The minimum absolute atomic E-state index is 0.0281. The van der Waals surface area contributed by atoms with Gasteiger partial charge in [0.2, 0.25) is 0 Å². The van der Waals surface area contributed by atoms with Gasteiger partial charge < -0.3 is 14.6 Å². The zero-order valence-electron chi connectivity index (χ0n) is 12.5. The Kier molecular flexibility index (Phi) is 5.12. The van der Waals surface area contributed by atoms with Crippen molar-refractivity contribution in [2.45, 2.75) is 12.5 Å². The van der Waals surface area contributed by atoms with Gasteiger partial charge in [0.05, 0.1) is 26.7 Å². The largest absolute Gasteiger partial charge is 0.501 e. The molecule has 5 nitrogen and oxygen atoms in total. The van der Waals surface area contributed by atoms with Crippen LogP contribution in [0.3, 0.4) is 0 Å². The van der Waals surface area contributed by atoms with Gasteiger partial charge >= 0.3 is 0 Å². The third kappa shape index (κ3) is 3.62. The molecular weight excluding hydrogens is 284 g/mol. The molecule has 1 aromatic carbocycles. The van der Waals surface area contributed by atoms with Crippen molar-refractivity contribution in [3.8, 4) is 5.75 Å². The SMILES string of the molecule is COC1=CC(O)C(C(=O)C=Cc2ccc(OC)cc2)C(=O)C1. The van der Waals surface area contributed by atoms with E-state index in [1.54, 1.807) is 37.5 Å². The van der Waals surface area contributed by atoms with E-state index in [1.165, 1.54) is 19.3 Å². The van der Waals surface area contributed by atoms with Crippen molar-refractivity contribution in [2.24, 2.45) is 5.92 Å².